The lowest BCUT2D eigenvalue weighted by molar-refractivity contribution is 0.0390. The van der Waals surface area contributed by atoms with E-state index in [-0.39, 0.29) is 10.9 Å². The van der Waals surface area contributed by atoms with Gasteiger partial charge in [-0.15, -0.1) is 0 Å². The number of aromatic nitrogens is 2. The molecule has 3 N–H and O–H groups in total. The lowest BCUT2D eigenvalue weighted by Gasteiger charge is -2.17. The van der Waals surface area contributed by atoms with Crippen molar-refractivity contribution < 1.29 is 15.3 Å². The number of rotatable bonds is 3. The molecule has 1 aromatic carbocycles. The quantitative estimate of drug-likeness (QED) is 0.654. The average molecular weight is 312 g/mol. The van der Waals surface area contributed by atoms with Gasteiger partial charge in [0, 0.05) is 12.4 Å². The molecule has 23 heavy (non-hydrogen) atoms. The maximum absolute atomic E-state index is 12.4. The molecular weight excluding hydrogens is 296 g/mol. The molecule has 6 heteroatoms. The van der Waals surface area contributed by atoms with E-state index in [4.69, 9.17) is 0 Å². The predicted octanol–water partition coefficient (Wildman–Crippen LogP) is 0.483. The largest absolute Gasteiger partial charge is 0.509 e. The van der Waals surface area contributed by atoms with Crippen molar-refractivity contribution >= 4 is 11.4 Å². The van der Waals surface area contributed by atoms with Gasteiger partial charge in [-0.2, -0.15) is 0 Å². The lowest BCUT2D eigenvalue weighted by Crippen LogP contribution is -2.34. The van der Waals surface area contributed by atoms with Gasteiger partial charge in [0.25, 0.3) is 0 Å². The van der Waals surface area contributed by atoms with Gasteiger partial charge in [0.2, 0.25) is 5.43 Å². The molecule has 0 fully saturated rings. The fourth-order valence-electron chi connectivity index (χ4n) is 2.49. The Morgan fingerprint density at radius 1 is 1.17 bits per heavy atom. The van der Waals surface area contributed by atoms with Gasteiger partial charge in [0.1, 0.15) is 18.0 Å². The molecule has 3 aromatic rings. The molecule has 0 unspecified atom stereocenters. The summed E-state index contributed by atoms with van der Waals surface area (Å²) < 4.78 is 1.55. The number of hydrogen-bond donors (Lipinski definition) is 3. The molecule has 0 aliphatic carbocycles. The van der Waals surface area contributed by atoms with Gasteiger partial charge >= 0.3 is 0 Å². The molecule has 0 bridgehead atoms. The SMILES string of the molecule is Cc1cn2cc/c(=C(\O)[C@H](O)[C@@H](O)c3ccccc3)c(=O)c2n1. The van der Waals surface area contributed by atoms with Crippen molar-refractivity contribution in [3.8, 4) is 0 Å². The minimum atomic E-state index is -1.61. The third-order valence-corrected chi connectivity index (χ3v) is 3.70. The van der Waals surface area contributed by atoms with Gasteiger partial charge in [-0.1, -0.05) is 30.3 Å². The van der Waals surface area contributed by atoms with Crippen molar-refractivity contribution in [1.29, 1.82) is 0 Å². The van der Waals surface area contributed by atoms with Crippen LogP contribution >= 0.6 is 0 Å². The molecule has 0 saturated heterocycles. The molecule has 0 radical (unpaired) electrons. The Labute approximate surface area is 131 Å². The molecule has 2 atom stereocenters. The minimum Gasteiger partial charge on any atom is -0.509 e. The van der Waals surface area contributed by atoms with Crippen molar-refractivity contribution in [2.24, 2.45) is 0 Å². The van der Waals surface area contributed by atoms with Crippen LogP contribution in [-0.4, -0.2) is 30.8 Å². The molecule has 0 aliphatic heterocycles. The van der Waals surface area contributed by atoms with Crippen LogP contribution in [0, 0.1) is 6.92 Å². The van der Waals surface area contributed by atoms with Crippen LogP contribution in [0.5, 0.6) is 0 Å². The first-order valence-corrected chi connectivity index (χ1v) is 7.11. The van der Waals surface area contributed by atoms with E-state index in [2.05, 4.69) is 4.98 Å². The van der Waals surface area contributed by atoms with E-state index in [0.29, 0.717) is 11.3 Å². The zero-order valence-electron chi connectivity index (χ0n) is 12.4. The highest BCUT2D eigenvalue weighted by atomic mass is 16.4. The topological polar surface area (TPSA) is 95.1 Å². The number of benzene rings is 1. The maximum Gasteiger partial charge on any atom is 0.232 e. The molecule has 2 aromatic heterocycles. The monoisotopic (exact) mass is 312 g/mol. The highest BCUT2D eigenvalue weighted by Gasteiger charge is 2.23. The van der Waals surface area contributed by atoms with E-state index in [0.717, 1.165) is 0 Å². The minimum absolute atomic E-state index is 0.0782. The second kappa shape index (κ2) is 5.83. The summed E-state index contributed by atoms with van der Waals surface area (Å²) in [6.45, 7) is 1.75. The summed E-state index contributed by atoms with van der Waals surface area (Å²) in [4.78, 5) is 16.5. The molecule has 6 nitrogen and oxygen atoms in total. The highest BCUT2D eigenvalue weighted by Crippen LogP contribution is 2.20. The fraction of sp³-hybridized carbons (Fsp3) is 0.176. The van der Waals surface area contributed by atoms with Crippen molar-refractivity contribution in [3.63, 3.8) is 0 Å². The van der Waals surface area contributed by atoms with Gasteiger partial charge in [0.05, 0.1) is 10.9 Å². The Hall–Kier alpha value is -2.70. The maximum atomic E-state index is 12.4. The predicted molar refractivity (Wildman–Crippen MR) is 84.9 cm³/mol. The summed E-state index contributed by atoms with van der Waals surface area (Å²) >= 11 is 0. The number of aliphatic hydroxyl groups excluding tert-OH is 3. The first-order chi connectivity index (χ1) is 11.0. The number of fused-ring (bicyclic) bond motifs is 1. The van der Waals surface area contributed by atoms with Gasteiger partial charge in [-0.05, 0) is 18.6 Å². The first-order valence-electron chi connectivity index (χ1n) is 7.11. The molecule has 0 spiro atoms. The molecule has 3 rings (SSSR count). The van der Waals surface area contributed by atoms with Crippen molar-refractivity contribution in [1.82, 2.24) is 9.38 Å². The third kappa shape index (κ3) is 2.69. The fourth-order valence-corrected chi connectivity index (χ4v) is 2.49. The molecule has 118 valence electrons. The number of aliphatic hydroxyl groups is 3. The first kappa shape index (κ1) is 15.2. The molecular formula is C17H16N2O4. The van der Waals surface area contributed by atoms with Crippen LogP contribution in [0.4, 0.5) is 0 Å². The molecule has 0 amide bonds. The number of pyridine rings is 1. The van der Waals surface area contributed by atoms with Crippen LogP contribution in [0.25, 0.3) is 11.4 Å². The van der Waals surface area contributed by atoms with E-state index < -0.39 is 23.4 Å². The third-order valence-electron chi connectivity index (χ3n) is 3.70. The van der Waals surface area contributed by atoms with Crippen LogP contribution in [0.3, 0.4) is 0 Å². The number of hydrogen-bond acceptors (Lipinski definition) is 5. The Morgan fingerprint density at radius 2 is 1.87 bits per heavy atom. The van der Waals surface area contributed by atoms with Crippen molar-refractivity contribution in [3.05, 3.63) is 75.5 Å². The average Bonchev–Trinajstić information content (AvgIpc) is 2.95. The zero-order valence-corrected chi connectivity index (χ0v) is 12.4. The summed E-state index contributed by atoms with van der Waals surface area (Å²) in [7, 11) is 0. The van der Waals surface area contributed by atoms with Gasteiger partial charge in [-0.3, -0.25) is 4.79 Å². The molecule has 2 heterocycles. The zero-order chi connectivity index (χ0) is 16.6. The standard InChI is InChI=1S/C17H16N2O4/c1-10-9-19-8-7-12(15(22)17(19)18-10)14(21)16(23)13(20)11-5-3-2-4-6-11/h2-9,13,16,20-21,23H,1H3/b14-12+/t13-,16+/m0/s1. The summed E-state index contributed by atoms with van der Waals surface area (Å²) in [6.07, 6.45) is 0.313. The van der Waals surface area contributed by atoms with E-state index >= 15 is 0 Å². The van der Waals surface area contributed by atoms with Crippen molar-refractivity contribution in [2.45, 2.75) is 19.1 Å². The van der Waals surface area contributed by atoms with Gasteiger partial charge in [0.15, 0.2) is 5.65 Å². The second-order valence-corrected chi connectivity index (χ2v) is 5.36. The molecule has 0 aliphatic rings. The second-order valence-electron chi connectivity index (χ2n) is 5.36. The Morgan fingerprint density at radius 3 is 2.57 bits per heavy atom. The van der Waals surface area contributed by atoms with Crippen LogP contribution in [0.1, 0.15) is 17.4 Å². The van der Waals surface area contributed by atoms with Crippen molar-refractivity contribution in [2.75, 3.05) is 0 Å². The van der Waals surface area contributed by atoms with E-state index in [1.165, 1.54) is 6.07 Å². The number of nitrogens with zero attached hydrogens (tertiary/aromatic N) is 2. The highest BCUT2D eigenvalue weighted by molar-refractivity contribution is 5.48. The van der Waals surface area contributed by atoms with Crippen LogP contribution < -0.4 is 10.6 Å². The summed E-state index contributed by atoms with van der Waals surface area (Å²) in [5, 5.41) is 30.5. The van der Waals surface area contributed by atoms with Crippen LogP contribution in [0.15, 0.2) is 53.6 Å². The lowest BCUT2D eigenvalue weighted by atomic mass is 10.0. The summed E-state index contributed by atoms with van der Waals surface area (Å²) in [5.41, 5.74) is 0.769. The Bertz CT molecular complexity index is 950. The Kier molecular flexibility index (Phi) is 3.85. The van der Waals surface area contributed by atoms with Gasteiger partial charge in [-0.25, -0.2) is 4.98 Å². The number of aryl methyl sites for hydroxylation is 1. The van der Waals surface area contributed by atoms with E-state index in [1.54, 1.807) is 54.0 Å². The van der Waals surface area contributed by atoms with Crippen LogP contribution in [-0.2, 0) is 0 Å². The van der Waals surface area contributed by atoms with Gasteiger partial charge < -0.3 is 19.7 Å². The number of imidazole rings is 1. The summed E-state index contributed by atoms with van der Waals surface area (Å²) in [5.74, 6) is -0.575. The van der Waals surface area contributed by atoms with Crippen LogP contribution in [0.2, 0.25) is 0 Å². The smallest absolute Gasteiger partial charge is 0.232 e. The normalized spacial score (nSPS) is 15.4. The molecule has 0 saturated carbocycles. The van der Waals surface area contributed by atoms with E-state index in [9.17, 15) is 20.1 Å². The van der Waals surface area contributed by atoms with E-state index in [1.807, 2.05) is 0 Å². The Balaban J connectivity index is 2.10. The summed E-state index contributed by atoms with van der Waals surface area (Å²) in [6, 6.07) is 9.84.